The molecule has 126 valence electrons. The molecule has 3 heterocycles. The minimum Gasteiger partial charge on any atom is -0.355 e. The quantitative estimate of drug-likeness (QED) is 0.762. The number of rotatable bonds is 5. The predicted octanol–water partition coefficient (Wildman–Crippen LogP) is 1.49. The number of hydrogen-bond acceptors (Lipinski definition) is 6. The van der Waals surface area contributed by atoms with Gasteiger partial charge >= 0.3 is 0 Å². The summed E-state index contributed by atoms with van der Waals surface area (Å²) in [6, 6.07) is 3.19. The van der Waals surface area contributed by atoms with Crippen LogP contribution in [0.1, 0.15) is 24.8 Å². The van der Waals surface area contributed by atoms with Gasteiger partial charge in [-0.15, -0.1) is 0 Å². The molecule has 0 bridgehead atoms. The zero-order valence-electron chi connectivity index (χ0n) is 13.2. The average Bonchev–Trinajstić information content (AvgIpc) is 2.60. The highest BCUT2D eigenvalue weighted by atomic mass is 35.5. The standard InChI is InChI=1S/C16H18ClN5O2/c17-16-18-9-12(10-19-16)8-13(23)11-22-15(24)5-4-14(20-22)21-6-2-1-3-7-21/h4-5,9-10H,1-3,6-8,11H2. The molecule has 0 saturated carbocycles. The number of ketones is 1. The lowest BCUT2D eigenvalue weighted by Crippen LogP contribution is -2.34. The van der Waals surface area contributed by atoms with Crippen molar-refractivity contribution in [3.63, 3.8) is 0 Å². The Morgan fingerprint density at radius 1 is 1.12 bits per heavy atom. The van der Waals surface area contributed by atoms with Crippen LogP contribution in [0.2, 0.25) is 5.28 Å². The fourth-order valence-electron chi connectivity index (χ4n) is 2.72. The van der Waals surface area contributed by atoms with Crippen molar-refractivity contribution in [2.75, 3.05) is 18.0 Å². The van der Waals surface area contributed by atoms with E-state index in [0.717, 1.165) is 31.7 Å². The molecule has 8 heteroatoms. The molecule has 0 amide bonds. The second kappa shape index (κ2) is 7.53. The Bertz CT molecular complexity index is 769. The first-order chi connectivity index (χ1) is 11.6. The molecule has 0 atom stereocenters. The van der Waals surface area contributed by atoms with E-state index in [1.807, 2.05) is 0 Å². The average molecular weight is 348 g/mol. The fourth-order valence-corrected chi connectivity index (χ4v) is 2.82. The number of Topliss-reactive ketones (excluding diaryl/α,β-unsaturated/α-hetero) is 1. The Hall–Kier alpha value is -2.28. The van der Waals surface area contributed by atoms with Crippen LogP contribution in [0.25, 0.3) is 0 Å². The first-order valence-electron chi connectivity index (χ1n) is 7.93. The highest BCUT2D eigenvalue weighted by Crippen LogP contribution is 2.15. The van der Waals surface area contributed by atoms with Gasteiger partial charge in [0.05, 0.1) is 0 Å². The molecule has 1 aliphatic rings. The van der Waals surface area contributed by atoms with Crippen molar-refractivity contribution in [1.82, 2.24) is 19.7 Å². The topological polar surface area (TPSA) is 81.0 Å². The lowest BCUT2D eigenvalue weighted by atomic mass is 10.1. The Morgan fingerprint density at radius 3 is 2.54 bits per heavy atom. The fraction of sp³-hybridized carbons (Fsp3) is 0.438. The monoisotopic (exact) mass is 347 g/mol. The third-order valence-electron chi connectivity index (χ3n) is 3.93. The van der Waals surface area contributed by atoms with Gasteiger partial charge in [-0.05, 0) is 42.5 Å². The van der Waals surface area contributed by atoms with Crippen molar-refractivity contribution < 1.29 is 4.79 Å². The van der Waals surface area contributed by atoms with Gasteiger partial charge in [-0.2, -0.15) is 5.10 Å². The summed E-state index contributed by atoms with van der Waals surface area (Å²) < 4.78 is 1.23. The van der Waals surface area contributed by atoms with Crippen LogP contribution in [0.15, 0.2) is 29.3 Å². The molecule has 7 nitrogen and oxygen atoms in total. The summed E-state index contributed by atoms with van der Waals surface area (Å²) in [6.45, 7) is 1.80. The zero-order valence-corrected chi connectivity index (χ0v) is 13.9. The summed E-state index contributed by atoms with van der Waals surface area (Å²) in [5.41, 5.74) is 0.376. The second-order valence-electron chi connectivity index (χ2n) is 5.81. The lowest BCUT2D eigenvalue weighted by molar-refractivity contribution is -0.119. The van der Waals surface area contributed by atoms with Crippen LogP contribution >= 0.6 is 11.6 Å². The number of anilines is 1. The van der Waals surface area contributed by atoms with Gasteiger partial charge in [0.25, 0.3) is 5.56 Å². The van der Waals surface area contributed by atoms with Gasteiger partial charge < -0.3 is 4.90 Å². The summed E-state index contributed by atoms with van der Waals surface area (Å²) >= 11 is 5.62. The molecule has 0 unspecified atom stereocenters. The van der Waals surface area contributed by atoms with Gasteiger partial charge in [-0.25, -0.2) is 14.6 Å². The lowest BCUT2D eigenvalue weighted by Gasteiger charge is -2.27. The molecular weight excluding hydrogens is 330 g/mol. The number of halogens is 1. The van der Waals surface area contributed by atoms with Crippen molar-refractivity contribution in [2.45, 2.75) is 32.2 Å². The molecule has 0 aromatic carbocycles. The smallest absolute Gasteiger partial charge is 0.267 e. The van der Waals surface area contributed by atoms with Crippen LogP contribution in [0, 0.1) is 0 Å². The van der Waals surface area contributed by atoms with Crippen LogP contribution in [0.3, 0.4) is 0 Å². The molecule has 0 spiro atoms. The maximum Gasteiger partial charge on any atom is 0.267 e. The molecule has 2 aromatic rings. The van der Waals surface area contributed by atoms with E-state index in [-0.39, 0.29) is 29.6 Å². The summed E-state index contributed by atoms with van der Waals surface area (Å²) in [4.78, 5) is 34.0. The number of hydrogen-bond donors (Lipinski definition) is 0. The summed E-state index contributed by atoms with van der Waals surface area (Å²) in [5, 5.41) is 4.49. The molecule has 0 radical (unpaired) electrons. The van der Waals surface area contributed by atoms with Crippen LogP contribution in [-0.4, -0.2) is 38.6 Å². The largest absolute Gasteiger partial charge is 0.355 e. The number of carbonyl (C=O) groups excluding carboxylic acids is 1. The van der Waals surface area contributed by atoms with Crippen molar-refractivity contribution in [2.24, 2.45) is 0 Å². The van der Waals surface area contributed by atoms with E-state index < -0.39 is 0 Å². The van der Waals surface area contributed by atoms with Gasteiger partial charge in [0.15, 0.2) is 5.78 Å². The SMILES string of the molecule is O=C(Cc1cnc(Cl)nc1)Cn1nc(N2CCCCC2)ccc1=O. The molecule has 3 rings (SSSR count). The summed E-state index contributed by atoms with van der Waals surface area (Å²) in [6.07, 6.45) is 6.62. The normalized spacial score (nSPS) is 14.6. The van der Waals surface area contributed by atoms with Gasteiger partial charge in [-0.3, -0.25) is 9.59 Å². The van der Waals surface area contributed by atoms with Gasteiger partial charge in [0, 0.05) is 38.0 Å². The second-order valence-corrected chi connectivity index (χ2v) is 6.15. The molecule has 0 aliphatic carbocycles. The van der Waals surface area contributed by atoms with Crippen LogP contribution in [0.5, 0.6) is 0 Å². The van der Waals surface area contributed by atoms with Crippen molar-refractivity contribution >= 4 is 23.2 Å². The van der Waals surface area contributed by atoms with E-state index in [0.29, 0.717) is 5.56 Å². The predicted molar refractivity (Wildman–Crippen MR) is 90.3 cm³/mol. The van der Waals surface area contributed by atoms with Crippen molar-refractivity contribution in [3.05, 3.63) is 45.7 Å². The third kappa shape index (κ3) is 4.17. The van der Waals surface area contributed by atoms with Gasteiger partial charge in [0.2, 0.25) is 5.28 Å². The van der Waals surface area contributed by atoms with E-state index in [9.17, 15) is 9.59 Å². The molecule has 1 fully saturated rings. The zero-order chi connectivity index (χ0) is 16.9. The minimum absolute atomic E-state index is 0.0663. The Kier molecular flexibility index (Phi) is 5.20. The first-order valence-corrected chi connectivity index (χ1v) is 8.31. The minimum atomic E-state index is -0.281. The number of carbonyl (C=O) groups is 1. The third-order valence-corrected chi connectivity index (χ3v) is 4.13. The number of aromatic nitrogens is 4. The Labute approximate surface area is 144 Å². The van der Waals surface area contributed by atoms with Gasteiger partial charge in [-0.1, -0.05) is 0 Å². The maximum absolute atomic E-state index is 12.2. The van der Waals surface area contributed by atoms with Crippen LogP contribution in [-0.2, 0) is 17.8 Å². The summed E-state index contributed by atoms with van der Waals surface area (Å²) in [5.74, 6) is 0.614. The molecule has 2 aromatic heterocycles. The molecule has 1 saturated heterocycles. The number of nitrogens with zero attached hydrogens (tertiary/aromatic N) is 5. The maximum atomic E-state index is 12.2. The van der Waals surface area contributed by atoms with Crippen molar-refractivity contribution in [1.29, 1.82) is 0 Å². The Morgan fingerprint density at radius 2 is 1.83 bits per heavy atom. The molecule has 0 N–H and O–H groups in total. The molecule has 24 heavy (non-hydrogen) atoms. The highest BCUT2D eigenvalue weighted by Gasteiger charge is 2.14. The van der Waals surface area contributed by atoms with Crippen molar-refractivity contribution in [3.8, 4) is 0 Å². The van der Waals surface area contributed by atoms with E-state index in [1.54, 1.807) is 6.07 Å². The first kappa shape index (κ1) is 16.6. The molecule has 1 aliphatic heterocycles. The van der Waals surface area contributed by atoms with E-state index >= 15 is 0 Å². The van der Waals surface area contributed by atoms with E-state index in [4.69, 9.17) is 11.6 Å². The van der Waals surface area contributed by atoms with E-state index in [1.165, 1.54) is 29.6 Å². The van der Waals surface area contributed by atoms with Gasteiger partial charge in [0.1, 0.15) is 12.4 Å². The van der Waals surface area contributed by atoms with Crippen LogP contribution in [0.4, 0.5) is 5.82 Å². The highest BCUT2D eigenvalue weighted by molar-refractivity contribution is 6.28. The molecular formula is C16H18ClN5O2. The van der Waals surface area contributed by atoms with Crippen LogP contribution < -0.4 is 10.5 Å². The van der Waals surface area contributed by atoms with E-state index in [2.05, 4.69) is 20.0 Å². The Balaban J connectivity index is 1.70. The number of piperidine rings is 1. The summed E-state index contributed by atoms with van der Waals surface area (Å²) in [7, 11) is 0.